The van der Waals surface area contributed by atoms with Crippen LogP contribution in [0.15, 0.2) is 11.3 Å². The first kappa shape index (κ1) is 16.2. The zero-order chi connectivity index (χ0) is 16.1. The molecule has 0 saturated carbocycles. The summed E-state index contributed by atoms with van der Waals surface area (Å²) in [6, 6.07) is 0. The molecule has 0 bridgehead atoms. The maximum atomic E-state index is 4.44. The van der Waals surface area contributed by atoms with Crippen molar-refractivity contribution in [2.45, 2.75) is 32.2 Å². The average molecular weight is 319 g/mol. The third-order valence-electron chi connectivity index (χ3n) is 4.97. The summed E-state index contributed by atoms with van der Waals surface area (Å²) in [5.74, 6) is 2.67. The number of nitrogens with zero attached hydrogens (tertiary/aromatic N) is 6. The molecular weight excluding hydrogens is 290 g/mol. The molecule has 1 aromatic heterocycles. The van der Waals surface area contributed by atoms with Crippen LogP contribution in [-0.2, 0) is 13.6 Å². The highest BCUT2D eigenvalue weighted by molar-refractivity contribution is 5.80. The summed E-state index contributed by atoms with van der Waals surface area (Å²) in [5.41, 5.74) is 0. The standard InChI is InChI=1S/C16H29N7/c1-17-16(18-10-15-19-13-20-21(15)2)23-9-6-14(12-23)11-22-7-4-3-5-8-22/h13-14H,3-12H2,1-2H3,(H,17,18). The number of piperidine rings is 1. The predicted molar refractivity (Wildman–Crippen MR) is 91.2 cm³/mol. The predicted octanol–water partition coefficient (Wildman–Crippen LogP) is 0.698. The van der Waals surface area contributed by atoms with Crippen LogP contribution in [0.3, 0.4) is 0 Å². The van der Waals surface area contributed by atoms with Crippen LogP contribution in [0.2, 0.25) is 0 Å². The zero-order valence-electron chi connectivity index (χ0n) is 14.4. The topological polar surface area (TPSA) is 61.6 Å². The second-order valence-corrected chi connectivity index (χ2v) is 6.66. The van der Waals surface area contributed by atoms with Crippen molar-refractivity contribution in [1.29, 1.82) is 0 Å². The van der Waals surface area contributed by atoms with Crippen molar-refractivity contribution in [3.05, 3.63) is 12.2 Å². The van der Waals surface area contributed by atoms with Gasteiger partial charge in [-0.2, -0.15) is 5.10 Å². The fraction of sp³-hybridized carbons (Fsp3) is 0.812. The largest absolute Gasteiger partial charge is 0.349 e. The lowest BCUT2D eigenvalue weighted by atomic mass is 10.1. The Morgan fingerprint density at radius 2 is 2.13 bits per heavy atom. The third kappa shape index (κ3) is 4.22. The molecule has 3 rings (SSSR count). The van der Waals surface area contributed by atoms with Crippen LogP contribution in [0.4, 0.5) is 0 Å². The molecule has 0 spiro atoms. The number of likely N-dealkylation sites (tertiary alicyclic amines) is 2. The lowest BCUT2D eigenvalue weighted by Crippen LogP contribution is -2.41. The van der Waals surface area contributed by atoms with Gasteiger partial charge in [0.05, 0.1) is 6.54 Å². The Morgan fingerprint density at radius 3 is 2.83 bits per heavy atom. The van der Waals surface area contributed by atoms with Crippen molar-refractivity contribution in [3.63, 3.8) is 0 Å². The number of nitrogens with one attached hydrogen (secondary N) is 1. The first-order valence-electron chi connectivity index (χ1n) is 8.77. The second-order valence-electron chi connectivity index (χ2n) is 6.66. The van der Waals surface area contributed by atoms with Gasteiger partial charge in [-0.25, -0.2) is 4.98 Å². The van der Waals surface area contributed by atoms with Gasteiger partial charge in [-0.3, -0.25) is 9.67 Å². The summed E-state index contributed by atoms with van der Waals surface area (Å²) < 4.78 is 1.80. The fourth-order valence-electron chi connectivity index (χ4n) is 3.65. The molecule has 128 valence electrons. The number of rotatable bonds is 4. The van der Waals surface area contributed by atoms with E-state index in [2.05, 4.69) is 30.2 Å². The van der Waals surface area contributed by atoms with E-state index in [0.29, 0.717) is 6.54 Å². The number of hydrogen-bond acceptors (Lipinski definition) is 4. The van der Waals surface area contributed by atoms with Gasteiger partial charge in [-0.05, 0) is 38.3 Å². The highest BCUT2D eigenvalue weighted by atomic mass is 15.3. The lowest BCUT2D eigenvalue weighted by Gasteiger charge is -2.29. The first-order valence-corrected chi connectivity index (χ1v) is 8.77. The lowest BCUT2D eigenvalue weighted by molar-refractivity contribution is 0.198. The van der Waals surface area contributed by atoms with Crippen LogP contribution >= 0.6 is 0 Å². The molecule has 1 aromatic rings. The Kier molecular flexibility index (Phi) is 5.48. The number of hydrogen-bond donors (Lipinski definition) is 1. The van der Waals surface area contributed by atoms with Crippen LogP contribution < -0.4 is 5.32 Å². The van der Waals surface area contributed by atoms with Gasteiger partial charge in [0, 0.05) is 33.7 Å². The molecule has 2 fully saturated rings. The molecule has 23 heavy (non-hydrogen) atoms. The minimum Gasteiger partial charge on any atom is -0.349 e. The van der Waals surface area contributed by atoms with Crippen LogP contribution in [0.1, 0.15) is 31.5 Å². The Morgan fingerprint density at radius 1 is 1.30 bits per heavy atom. The van der Waals surface area contributed by atoms with Crippen LogP contribution in [0, 0.1) is 5.92 Å². The molecule has 1 N–H and O–H groups in total. The molecule has 7 heteroatoms. The second kappa shape index (κ2) is 7.77. The third-order valence-corrected chi connectivity index (χ3v) is 4.97. The van der Waals surface area contributed by atoms with Gasteiger partial charge in [0.15, 0.2) is 5.96 Å². The molecular formula is C16H29N7. The maximum Gasteiger partial charge on any atom is 0.194 e. The molecule has 1 atom stereocenters. The molecule has 0 aliphatic carbocycles. The molecule has 2 saturated heterocycles. The van der Waals surface area contributed by atoms with Crippen molar-refractivity contribution in [1.82, 2.24) is 29.9 Å². The molecule has 0 amide bonds. The Balaban J connectivity index is 1.47. The van der Waals surface area contributed by atoms with E-state index in [-0.39, 0.29) is 0 Å². The van der Waals surface area contributed by atoms with E-state index < -0.39 is 0 Å². The highest BCUT2D eigenvalue weighted by Crippen LogP contribution is 2.19. The van der Waals surface area contributed by atoms with Crippen molar-refractivity contribution < 1.29 is 0 Å². The first-order chi connectivity index (χ1) is 11.3. The minimum absolute atomic E-state index is 0.663. The minimum atomic E-state index is 0.663. The Bertz CT molecular complexity index is 518. The molecule has 1 unspecified atom stereocenters. The fourth-order valence-corrected chi connectivity index (χ4v) is 3.65. The summed E-state index contributed by atoms with van der Waals surface area (Å²) in [6.45, 7) is 6.69. The molecule has 3 heterocycles. The van der Waals surface area contributed by atoms with Gasteiger partial charge < -0.3 is 15.1 Å². The summed E-state index contributed by atoms with van der Waals surface area (Å²) >= 11 is 0. The zero-order valence-corrected chi connectivity index (χ0v) is 14.4. The number of aryl methyl sites for hydroxylation is 1. The monoisotopic (exact) mass is 319 g/mol. The molecule has 0 aromatic carbocycles. The summed E-state index contributed by atoms with van der Waals surface area (Å²) in [6.07, 6.45) is 7.01. The van der Waals surface area contributed by atoms with Gasteiger partial charge in [-0.15, -0.1) is 0 Å². The van der Waals surface area contributed by atoms with E-state index in [1.165, 1.54) is 45.3 Å². The molecule has 2 aliphatic heterocycles. The van der Waals surface area contributed by atoms with Gasteiger partial charge in [-0.1, -0.05) is 6.42 Å². The van der Waals surface area contributed by atoms with Crippen LogP contribution in [-0.4, -0.2) is 70.3 Å². The van der Waals surface area contributed by atoms with E-state index in [1.54, 1.807) is 11.0 Å². The molecule has 7 nitrogen and oxygen atoms in total. The normalized spacial score (nSPS) is 23.5. The summed E-state index contributed by atoms with van der Waals surface area (Å²) in [5, 5.41) is 7.52. The van der Waals surface area contributed by atoms with E-state index in [4.69, 9.17) is 0 Å². The van der Waals surface area contributed by atoms with Crippen molar-refractivity contribution in [2.24, 2.45) is 18.0 Å². The van der Waals surface area contributed by atoms with Crippen molar-refractivity contribution in [3.8, 4) is 0 Å². The van der Waals surface area contributed by atoms with Gasteiger partial charge >= 0.3 is 0 Å². The van der Waals surface area contributed by atoms with E-state index >= 15 is 0 Å². The SMILES string of the molecule is CN=C(NCc1ncnn1C)N1CCC(CN2CCCCC2)C1. The number of guanidine groups is 1. The van der Waals surface area contributed by atoms with Gasteiger partial charge in [0.2, 0.25) is 0 Å². The smallest absolute Gasteiger partial charge is 0.194 e. The van der Waals surface area contributed by atoms with E-state index in [9.17, 15) is 0 Å². The quantitative estimate of drug-likeness (QED) is 0.654. The van der Waals surface area contributed by atoms with Crippen molar-refractivity contribution >= 4 is 5.96 Å². The van der Waals surface area contributed by atoms with Crippen LogP contribution in [0.5, 0.6) is 0 Å². The molecule has 0 radical (unpaired) electrons. The van der Waals surface area contributed by atoms with Gasteiger partial charge in [0.25, 0.3) is 0 Å². The summed E-state index contributed by atoms with van der Waals surface area (Å²) in [7, 11) is 3.77. The van der Waals surface area contributed by atoms with Gasteiger partial charge in [0.1, 0.15) is 12.2 Å². The Labute approximate surface area is 138 Å². The average Bonchev–Trinajstić information content (AvgIpc) is 3.19. The number of aliphatic imine (C=N–C) groups is 1. The van der Waals surface area contributed by atoms with E-state index in [1.807, 2.05) is 14.1 Å². The highest BCUT2D eigenvalue weighted by Gasteiger charge is 2.27. The van der Waals surface area contributed by atoms with E-state index in [0.717, 1.165) is 30.8 Å². The van der Waals surface area contributed by atoms with Crippen molar-refractivity contribution in [2.75, 3.05) is 39.8 Å². The molecule has 2 aliphatic rings. The Hall–Kier alpha value is -1.63. The summed E-state index contributed by atoms with van der Waals surface area (Å²) in [4.78, 5) is 13.7. The van der Waals surface area contributed by atoms with Crippen LogP contribution in [0.25, 0.3) is 0 Å². The number of aromatic nitrogens is 3. The maximum absolute atomic E-state index is 4.44.